The molecule has 0 aliphatic carbocycles. The van der Waals surface area contributed by atoms with E-state index in [4.69, 9.17) is 4.74 Å². The summed E-state index contributed by atoms with van der Waals surface area (Å²) in [5.41, 5.74) is 1.86. The normalized spacial score (nSPS) is 13.3. The SMILES string of the molecule is CCC(COC)NS(=O)(=O)Cc1cccc(CNC)c1. The van der Waals surface area contributed by atoms with Gasteiger partial charge in [0, 0.05) is 19.7 Å². The minimum Gasteiger partial charge on any atom is -0.383 e. The molecule has 0 aliphatic rings. The lowest BCUT2D eigenvalue weighted by molar-refractivity contribution is 0.173. The van der Waals surface area contributed by atoms with Crippen LogP contribution in [-0.4, -0.2) is 35.2 Å². The molecular formula is C14H24N2O3S. The number of methoxy groups -OCH3 is 1. The monoisotopic (exact) mass is 300 g/mol. The van der Waals surface area contributed by atoms with E-state index in [1.54, 1.807) is 7.11 Å². The molecule has 0 amide bonds. The van der Waals surface area contributed by atoms with Crippen LogP contribution in [0.4, 0.5) is 0 Å². The van der Waals surface area contributed by atoms with E-state index < -0.39 is 10.0 Å². The van der Waals surface area contributed by atoms with Crippen LogP contribution in [0.1, 0.15) is 24.5 Å². The van der Waals surface area contributed by atoms with Gasteiger partial charge in [0.25, 0.3) is 0 Å². The molecule has 2 N–H and O–H groups in total. The molecule has 6 heteroatoms. The van der Waals surface area contributed by atoms with Crippen molar-refractivity contribution in [2.75, 3.05) is 20.8 Å². The van der Waals surface area contributed by atoms with Crippen LogP contribution in [-0.2, 0) is 27.1 Å². The number of benzene rings is 1. The summed E-state index contributed by atoms with van der Waals surface area (Å²) in [5, 5.41) is 3.05. The third-order valence-electron chi connectivity index (χ3n) is 2.94. The summed E-state index contributed by atoms with van der Waals surface area (Å²) in [4.78, 5) is 0. The van der Waals surface area contributed by atoms with Crippen LogP contribution >= 0.6 is 0 Å². The Bertz CT molecular complexity index is 503. The molecule has 0 heterocycles. The van der Waals surface area contributed by atoms with E-state index in [0.29, 0.717) is 13.0 Å². The number of hydrogen-bond acceptors (Lipinski definition) is 4. The molecule has 0 spiro atoms. The van der Waals surface area contributed by atoms with Crippen LogP contribution < -0.4 is 10.0 Å². The molecule has 0 fully saturated rings. The van der Waals surface area contributed by atoms with Gasteiger partial charge in [0.15, 0.2) is 0 Å². The third kappa shape index (κ3) is 6.00. The van der Waals surface area contributed by atoms with Gasteiger partial charge in [-0.2, -0.15) is 0 Å². The molecule has 1 aromatic carbocycles. The van der Waals surface area contributed by atoms with Gasteiger partial charge in [0.05, 0.1) is 12.4 Å². The number of sulfonamides is 1. The van der Waals surface area contributed by atoms with Crippen molar-refractivity contribution in [1.29, 1.82) is 0 Å². The van der Waals surface area contributed by atoms with Gasteiger partial charge in [-0.25, -0.2) is 13.1 Å². The van der Waals surface area contributed by atoms with Crippen molar-refractivity contribution in [3.8, 4) is 0 Å². The summed E-state index contributed by atoms with van der Waals surface area (Å²) in [7, 11) is 0.0800. The standard InChI is InChI=1S/C14H24N2O3S/c1-4-14(10-19-3)16-20(17,18)11-13-7-5-6-12(8-13)9-15-2/h5-8,14-16H,4,9-11H2,1-3H3. The zero-order valence-electron chi connectivity index (χ0n) is 12.3. The van der Waals surface area contributed by atoms with E-state index in [1.165, 1.54) is 0 Å². The summed E-state index contributed by atoms with van der Waals surface area (Å²) in [6.07, 6.45) is 0.701. The minimum atomic E-state index is -3.35. The first kappa shape index (κ1) is 17.1. The van der Waals surface area contributed by atoms with Gasteiger partial charge in [-0.05, 0) is 24.6 Å². The van der Waals surface area contributed by atoms with Gasteiger partial charge in [-0.1, -0.05) is 31.2 Å². The van der Waals surface area contributed by atoms with E-state index in [9.17, 15) is 8.42 Å². The van der Waals surface area contributed by atoms with Crippen molar-refractivity contribution in [3.63, 3.8) is 0 Å². The third-order valence-corrected chi connectivity index (χ3v) is 4.34. The van der Waals surface area contributed by atoms with E-state index >= 15 is 0 Å². The Morgan fingerprint density at radius 3 is 2.60 bits per heavy atom. The number of nitrogens with one attached hydrogen (secondary N) is 2. The van der Waals surface area contributed by atoms with Crippen molar-refractivity contribution in [2.24, 2.45) is 0 Å². The Kier molecular flexibility index (Phi) is 7.15. The van der Waals surface area contributed by atoms with E-state index in [1.807, 2.05) is 38.2 Å². The smallest absolute Gasteiger partial charge is 0.216 e. The van der Waals surface area contributed by atoms with Crippen LogP contribution in [0.15, 0.2) is 24.3 Å². The fourth-order valence-corrected chi connectivity index (χ4v) is 3.43. The molecule has 1 aromatic rings. The van der Waals surface area contributed by atoms with Gasteiger partial charge in [0.1, 0.15) is 0 Å². The number of ether oxygens (including phenoxy) is 1. The Morgan fingerprint density at radius 1 is 1.30 bits per heavy atom. The summed E-state index contributed by atoms with van der Waals surface area (Å²) in [6, 6.07) is 7.41. The van der Waals surface area contributed by atoms with Crippen molar-refractivity contribution in [1.82, 2.24) is 10.0 Å². The highest BCUT2D eigenvalue weighted by molar-refractivity contribution is 7.88. The fourth-order valence-electron chi connectivity index (χ4n) is 1.98. The topological polar surface area (TPSA) is 67.4 Å². The summed E-state index contributed by atoms with van der Waals surface area (Å²) in [5.74, 6) is -0.00916. The lowest BCUT2D eigenvalue weighted by Gasteiger charge is -2.16. The zero-order chi connectivity index (χ0) is 15.0. The molecule has 1 unspecified atom stereocenters. The predicted octanol–water partition coefficient (Wildman–Crippen LogP) is 1.25. The Morgan fingerprint density at radius 2 is 2.00 bits per heavy atom. The zero-order valence-corrected chi connectivity index (χ0v) is 13.2. The molecule has 0 aliphatic heterocycles. The second-order valence-corrected chi connectivity index (χ2v) is 6.54. The number of rotatable bonds is 9. The van der Waals surface area contributed by atoms with Gasteiger partial charge >= 0.3 is 0 Å². The van der Waals surface area contributed by atoms with Gasteiger partial charge in [-0.15, -0.1) is 0 Å². The fraction of sp³-hybridized carbons (Fsp3) is 0.571. The maximum absolute atomic E-state index is 12.1. The van der Waals surface area contributed by atoms with Gasteiger partial charge in [0.2, 0.25) is 10.0 Å². The molecule has 0 saturated carbocycles. The van der Waals surface area contributed by atoms with Crippen LogP contribution in [0, 0.1) is 0 Å². The van der Waals surface area contributed by atoms with Crippen LogP contribution in [0.3, 0.4) is 0 Å². The largest absolute Gasteiger partial charge is 0.383 e. The summed E-state index contributed by atoms with van der Waals surface area (Å²) >= 11 is 0. The Hall–Kier alpha value is -0.950. The molecule has 0 aromatic heterocycles. The summed E-state index contributed by atoms with van der Waals surface area (Å²) < 4.78 is 31.9. The average Bonchev–Trinajstić information content (AvgIpc) is 2.38. The van der Waals surface area contributed by atoms with E-state index in [2.05, 4.69) is 10.0 Å². The molecule has 0 bridgehead atoms. The van der Waals surface area contributed by atoms with Crippen LogP contribution in [0.25, 0.3) is 0 Å². The quantitative estimate of drug-likeness (QED) is 0.720. The highest BCUT2D eigenvalue weighted by Gasteiger charge is 2.17. The van der Waals surface area contributed by atoms with E-state index in [-0.39, 0.29) is 11.8 Å². The molecule has 0 radical (unpaired) electrons. The second-order valence-electron chi connectivity index (χ2n) is 4.79. The minimum absolute atomic E-state index is 0.00916. The van der Waals surface area contributed by atoms with Crippen molar-refractivity contribution >= 4 is 10.0 Å². The van der Waals surface area contributed by atoms with Crippen molar-refractivity contribution < 1.29 is 13.2 Å². The van der Waals surface area contributed by atoms with E-state index in [0.717, 1.165) is 17.7 Å². The Labute approximate surface area is 121 Å². The molecular weight excluding hydrogens is 276 g/mol. The average molecular weight is 300 g/mol. The molecule has 1 atom stereocenters. The highest BCUT2D eigenvalue weighted by atomic mass is 32.2. The van der Waals surface area contributed by atoms with Crippen molar-refractivity contribution in [2.45, 2.75) is 31.7 Å². The highest BCUT2D eigenvalue weighted by Crippen LogP contribution is 2.09. The van der Waals surface area contributed by atoms with Gasteiger partial charge in [-0.3, -0.25) is 0 Å². The number of hydrogen-bond donors (Lipinski definition) is 2. The molecule has 1 rings (SSSR count). The first-order valence-corrected chi connectivity index (χ1v) is 8.37. The molecule has 5 nitrogen and oxygen atoms in total. The lowest BCUT2D eigenvalue weighted by Crippen LogP contribution is -2.38. The first-order chi connectivity index (χ1) is 9.50. The molecule has 20 heavy (non-hydrogen) atoms. The maximum Gasteiger partial charge on any atom is 0.216 e. The Balaban J connectivity index is 2.72. The molecule has 0 saturated heterocycles. The van der Waals surface area contributed by atoms with Gasteiger partial charge < -0.3 is 10.1 Å². The first-order valence-electron chi connectivity index (χ1n) is 6.72. The maximum atomic E-state index is 12.1. The summed E-state index contributed by atoms with van der Waals surface area (Å²) in [6.45, 7) is 3.04. The van der Waals surface area contributed by atoms with Crippen LogP contribution in [0.5, 0.6) is 0 Å². The second kappa shape index (κ2) is 8.36. The van der Waals surface area contributed by atoms with Crippen molar-refractivity contribution in [3.05, 3.63) is 35.4 Å². The lowest BCUT2D eigenvalue weighted by atomic mass is 10.1. The van der Waals surface area contributed by atoms with Crippen LogP contribution in [0.2, 0.25) is 0 Å². The molecule has 114 valence electrons. The predicted molar refractivity (Wildman–Crippen MR) is 80.9 cm³/mol.